The number of sulfonamides is 1. The maximum Gasteiger partial charge on any atom is 0.255 e. The number of anilines is 2. The van der Waals surface area contributed by atoms with E-state index in [0.29, 0.717) is 11.3 Å². The summed E-state index contributed by atoms with van der Waals surface area (Å²) in [5.74, 6) is -0.204. The van der Waals surface area contributed by atoms with Gasteiger partial charge < -0.3 is 5.32 Å². The molecule has 31 heavy (non-hydrogen) atoms. The van der Waals surface area contributed by atoms with Crippen molar-refractivity contribution in [3.8, 4) is 0 Å². The maximum atomic E-state index is 12.6. The Hall–Kier alpha value is -3.12. The SMILES string of the molecule is Cc1ccc(NC(=O)c2ccc(CN(c3c(C)cccc3C)S(C)(=O)=O)cc2)cc1C. The zero-order chi connectivity index (χ0) is 22.8. The lowest BCUT2D eigenvalue weighted by Gasteiger charge is -2.26. The molecule has 0 saturated heterocycles. The molecule has 0 aliphatic heterocycles. The van der Waals surface area contributed by atoms with E-state index >= 15 is 0 Å². The molecule has 0 unspecified atom stereocenters. The van der Waals surface area contributed by atoms with Gasteiger partial charge in [0, 0.05) is 11.3 Å². The molecule has 3 aromatic rings. The number of carbonyl (C=O) groups is 1. The highest BCUT2D eigenvalue weighted by Gasteiger charge is 2.21. The van der Waals surface area contributed by atoms with E-state index in [1.54, 1.807) is 24.3 Å². The molecule has 0 atom stereocenters. The van der Waals surface area contributed by atoms with Crippen LogP contribution in [0.1, 0.15) is 38.2 Å². The number of benzene rings is 3. The number of aryl methyl sites for hydroxylation is 4. The van der Waals surface area contributed by atoms with Crippen molar-refractivity contribution in [1.29, 1.82) is 0 Å². The van der Waals surface area contributed by atoms with Gasteiger partial charge in [0.05, 0.1) is 18.5 Å². The third-order valence-electron chi connectivity index (χ3n) is 5.40. The summed E-state index contributed by atoms with van der Waals surface area (Å²) in [7, 11) is -3.48. The molecule has 0 saturated carbocycles. The van der Waals surface area contributed by atoms with E-state index < -0.39 is 10.0 Å². The number of para-hydroxylation sites is 1. The van der Waals surface area contributed by atoms with E-state index in [1.807, 2.05) is 64.1 Å². The van der Waals surface area contributed by atoms with Gasteiger partial charge in [-0.15, -0.1) is 0 Å². The number of rotatable bonds is 6. The van der Waals surface area contributed by atoms with Crippen molar-refractivity contribution in [1.82, 2.24) is 0 Å². The van der Waals surface area contributed by atoms with Crippen molar-refractivity contribution in [3.05, 3.63) is 94.0 Å². The Morgan fingerprint density at radius 1 is 0.839 bits per heavy atom. The molecule has 0 spiro atoms. The molecule has 0 aliphatic carbocycles. The molecular formula is C25H28N2O3S. The fourth-order valence-electron chi connectivity index (χ4n) is 3.51. The van der Waals surface area contributed by atoms with Crippen molar-refractivity contribution >= 4 is 27.3 Å². The third-order valence-corrected chi connectivity index (χ3v) is 6.51. The van der Waals surface area contributed by atoms with Gasteiger partial charge in [-0.1, -0.05) is 36.4 Å². The van der Waals surface area contributed by atoms with Crippen LogP contribution in [-0.4, -0.2) is 20.6 Å². The van der Waals surface area contributed by atoms with Gasteiger partial charge in [0.2, 0.25) is 10.0 Å². The van der Waals surface area contributed by atoms with Crippen LogP contribution < -0.4 is 9.62 Å². The molecule has 0 radical (unpaired) electrons. The summed E-state index contributed by atoms with van der Waals surface area (Å²) < 4.78 is 26.5. The summed E-state index contributed by atoms with van der Waals surface area (Å²) in [6.45, 7) is 8.03. The zero-order valence-corrected chi connectivity index (χ0v) is 19.4. The molecule has 1 amide bonds. The van der Waals surface area contributed by atoms with Crippen LogP contribution in [0.15, 0.2) is 60.7 Å². The smallest absolute Gasteiger partial charge is 0.255 e. The monoisotopic (exact) mass is 436 g/mol. The van der Waals surface area contributed by atoms with E-state index in [-0.39, 0.29) is 12.5 Å². The highest BCUT2D eigenvalue weighted by atomic mass is 32.2. The highest BCUT2D eigenvalue weighted by molar-refractivity contribution is 7.92. The molecule has 162 valence electrons. The Morgan fingerprint density at radius 2 is 1.45 bits per heavy atom. The molecule has 0 fully saturated rings. The number of hydrogen-bond acceptors (Lipinski definition) is 3. The van der Waals surface area contributed by atoms with Crippen molar-refractivity contribution in [3.63, 3.8) is 0 Å². The summed E-state index contributed by atoms with van der Waals surface area (Å²) >= 11 is 0. The first kappa shape index (κ1) is 22.6. The van der Waals surface area contributed by atoms with Crippen molar-refractivity contribution < 1.29 is 13.2 Å². The minimum Gasteiger partial charge on any atom is -0.322 e. The van der Waals surface area contributed by atoms with Gasteiger partial charge in [-0.3, -0.25) is 9.10 Å². The van der Waals surface area contributed by atoms with Gasteiger partial charge >= 0.3 is 0 Å². The van der Waals surface area contributed by atoms with Gasteiger partial charge in [0.25, 0.3) is 5.91 Å². The Bertz CT molecular complexity index is 1200. The van der Waals surface area contributed by atoms with Gasteiger partial charge in [0.15, 0.2) is 0 Å². The van der Waals surface area contributed by atoms with E-state index in [0.717, 1.165) is 27.9 Å². The predicted octanol–water partition coefficient (Wildman–Crippen LogP) is 5.14. The molecular weight excluding hydrogens is 408 g/mol. The minimum atomic E-state index is -3.48. The molecule has 0 aromatic heterocycles. The lowest BCUT2D eigenvalue weighted by Crippen LogP contribution is -2.30. The normalized spacial score (nSPS) is 11.3. The molecule has 3 aromatic carbocycles. The van der Waals surface area contributed by atoms with Crippen LogP contribution in [0, 0.1) is 27.7 Å². The van der Waals surface area contributed by atoms with Gasteiger partial charge in [-0.05, 0) is 79.8 Å². The summed E-state index contributed by atoms with van der Waals surface area (Å²) in [6, 6.07) is 18.5. The van der Waals surface area contributed by atoms with Crippen molar-refractivity contribution in [2.24, 2.45) is 0 Å². The summed E-state index contributed by atoms with van der Waals surface area (Å²) in [5, 5.41) is 2.91. The average molecular weight is 437 g/mol. The molecule has 5 nitrogen and oxygen atoms in total. The van der Waals surface area contributed by atoms with Crippen LogP contribution in [0.4, 0.5) is 11.4 Å². The second-order valence-corrected chi connectivity index (χ2v) is 9.87. The number of nitrogens with one attached hydrogen (secondary N) is 1. The predicted molar refractivity (Wildman–Crippen MR) is 127 cm³/mol. The Morgan fingerprint density at radius 3 is 2.00 bits per heavy atom. The summed E-state index contributed by atoms with van der Waals surface area (Å²) in [6.07, 6.45) is 1.21. The van der Waals surface area contributed by atoms with E-state index in [2.05, 4.69) is 5.32 Å². The van der Waals surface area contributed by atoms with Crippen LogP contribution in [0.25, 0.3) is 0 Å². The van der Waals surface area contributed by atoms with Gasteiger partial charge in [-0.2, -0.15) is 0 Å². The lowest BCUT2D eigenvalue weighted by molar-refractivity contribution is 0.102. The number of nitrogens with zero attached hydrogens (tertiary/aromatic N) is 1. The molecule has 0 bridgehead atoms. The Balaban J connectivity index is 1.81. The fourth-order valence-corrected chi connectivity index (χ4v) is 4.51. The first-order valence-electron chi connectivity index (χ1n) is 10.1. The number of carbonyl (C=O) groups excluding carboxylic acids is 1. The van der Waals surface area contributed by atoms with Crippen LogP contribution in [0.3, 0.4) is 0 Å². The highest BCUT2D eigenvalue weighted by Crippen LogP contribution is 2.28. The standard InChI is InChI=1S/C25H28N2O3S/c1-17-9-14-23(15-20(17)4)26-25(28)22-12-10-21(11-13-22)16-27(31(5,29)30)24-18(2)7-6-8-19(24)3/h6-15H,16H2,1-5H3,(H,26,28). The average Bonchev–Trinajstić information content (AvgIpc) is 2.69. The molecule has 0 heterocycles. The zero-order valence-electron chi connectivity index (χ0n) is 18.6. The number of hydrogen-bond donors (Lipinski definition) is 1. The second kappa shape index (κ2) is 8.94. The first-order valence-corrected chi connectivity index (χ1v) is 11.9. The van der Waals surface area contributed by atoms with E-state index in [1.165, 1.54) is 16.1 Å². The van der Waals surface area contributed by atoms with Crippen LogP contribution in [0.5, 0.6) is 0 Å². The molecule has 6 heteroatoms. The van der Waals surface area contributed by atoms with Gasteiger partial charge in [-0.25, -0.2) is 8.42 Å². The molecule has 0 aliphatic rings. The van der Waals surface area contributed by atoms with Gasteiger partial charge in [0.1, 0.15) is 0 Å². The van der Waals surface area contributed by atoms with E-state index in [4.69, 9.17) is 0 Å². The number of amides is 1. The first-order chi connectivity index (χ1) is 14.6. The largest absolute Gasteiger partial charge is 0.322 e. The fraction of sp³-hybridized carbons (Fsp3) is 0.240. The van der Waals surface area contributed by atoms with Crippen molar-refractivity contribution in [2.45, 2.75) is 34.2 Å². The summed E-state index contributed by atoms with van der Waals surface area (Å²) in [4.78, 5) is 12.6. The Labute approximate surface area is 184 Å². The topological polar surface area (TPSA) is 66.5 Å². The second-order valence-electron chi connectivity index (χ2n) is 7.96. The lowest BCUT2D eigenvalue weighted by atomic mass is 10.1. The van der Waals surface area contributed by atoms with Crippen LogP contribution in [-0.2, 0) is 16.6 Å². The maximum absolute atomic E-state index is 12.6. The van der Waals surface area contributed by atoms with E-state index in [9.17, 15) is 13.2 Å². The van der Waals surface area contributed by atoms with Crippen LogP contribution >= 0.6 is 0 Å². The Kier molecular flexibility index (Phi) is 6.51. The van der Waals surface area contributed by atoms with Crippen LogP contribution in [0.2, 0.25) is 0 Å². The molecule has 3 rings (SSSR count). The minimum absolute atomic E-state index is 0.198. The van der Waals surface area contributed by atoms with Crippen molar-refractivity contribution in [2.75, 3.05) is 15.9 Å². The third kappa shape index (κ3) is 5.33. The molecule has 1 N–H and O–H groups in total. The summed E-state index contributed by atoms with van der Waals surface area (Å²) in [5.41, 5.74) is 6.83. The quantitative estimate of drug-likeness (QED) is 0.582.